The summed E-state index contributed by atoms with van der Waals surface area (Å²) in [6, 6.07) is 19.8. The molecule has 1 fully saturated rings. The van der Waals surface area contributed by atoms with E-state index in [0.29, 0.717) is 11.6 Å². The molecule has 0 aliphatic carbocycles. The summed E-state index contributed by atoms with van der Waals surface area (Å²) in [4.78, 5) is 19.6. The zero-order valence-corrected chi connectivity index (χ0v) is 18.4. The molecular weight excluding hydrogens is 422 g/mol. The number of nitrogens with one attached hydrogen (secondary N) is 1. The molecule has 2 aromatic heterocycles. The fraction of sp³-hybridized carbons (Fsp3) is 0.240. The molecule has 0 unspecified atom stereocenters. The summed E-state index contributed by atoms with van der Waals surface area (Å²) in [5.74, 6) is 1.00. The lowest BCUT2D eigenvalue weighted by Crippen LogP contribution is -2.40. The molecule has 1 saturated heterocycles. The average Bonchev–Trinajstić information content (AvgIpc) is 3.29. The van der Waals surface area contributed by atoms with Crippen LogP contribution < -0.4 is 10.2 Å². The smallest absolute Gasteiger partial charge is 0.223 e. The Balaban J connectivity index is 1.25. The van der Waals surface area contributed by atoms with E-state index in [1.54, 1.807) is 6.20 Å². The minimum Gasteiger partial charge on any atom is -0.355 e. The lowest BCUT2D eigenvalue weighted by molar-refractivity contribution is -0.125. The summed E-state index contributed by atoms with van der Waals surface area (Å²) >= 11 is 6.20. The van der Waals surface area contributed by atoms with E-state index in [4.69, 9.17) is 16.7 Å². The maximum Gasteiger partial charge on any atom is 0.223 e. The van der Waals surface area contributed by atoms with E-state index in [2.05, 4.69) is 33.4 Å². The second-order valence-corrected chi connectivity index (χ2v) is 8.45. The number of rotatable bonds is 5. The van der Waals surface area contributed by atoms with Gasteiger partial charge in [0.25, 0.3) is 0 Å². The summed E-state index contributed by atoms with van der Waals surface area (Å²) < 4.78 is 1.88. The Morgan fingerprint density at radius 2 is 1.81 bits per heavy atom. The van der Waals surface area contributed by atoms with Gasteiger partial charge in [0.15, 0.2) is 5.82 Å². The third kappa shape index (κ3) is 4.18. The summed E-state index contributed by atoms with van der Waals surface area (Å²) in [5.41, 5.74) is 3.92. The van der Waals surface area contributed by atoms with Crippen LogP contribution in [0.3, 0.4) is 0 Å². The van der Waals surface area contributed by atoms with E-state index in [0.717, 1.165) is 54.1 Å². The lowest BCUT2D eigenvalue weighted by Gasteiger charge is -2.32. The van der Waals surface area contributed by atoms with Gasteiger partial charge in [0, 0.05) is 48.5 Å². The van der Waals surface area contributed by atoms with E-state index in [1.807, 2.05) is 53.2 Å². The molecule has 2 aromatic carbocycles. The molecule has 1 aliphatic rings. The second kappa shape index (κ2) is 9.01. The van der Waals surface area contributed by atoms with Gasteiger partial charge < -0.3 is 10.2 Å². The number of aromatic nitrogens is 3. The molecule has 1 aliphatic heterocycles. The van der Waals surface area contributed by atoms with Crippen LogP contribution in [0.15, 0.2) is 73.1 Å². The first kappa shape index (κ1) is 20.5. The normalized spacial score (nSPS) is 14.6. The summed E-state index contributed by atoms with van der Waals surface area (Å²) in [6.07, 6.45) is 5.24. The standard InChI is InChI=1S/C25H24ClN5O/c26-21-9-5-4-8-20(21)17-28-25(32)19-10-13-30(14-11-19)24-23-16-22(18-6-2-1-3-7-18)29-31(23)15-12-27-24/h1-9,12,15-16,19H,10-11,13-14,17H2,(H,28,32). The number of halogens is 1. The number of carbonyl (C=O) groups is 1. The van der Waals surface area contributed by atoms with Crippen LogP contribution in [0.1, 0.15) is 18.4 Å². The molecular formula is C25H24ClN5O. The Hall–Kier alpha value is -3.38. The molecule has 3 heterocycles. The van der Waals surface area contributed by atoms with Gasteiger partial charge in [0.05, 0.1) is 5.69 Å². The number of anilines is 1. The van der Waals surface area contributed by atoms with E-state index < -0.39 is 0 Å². The number of hydrogen-bond acceptors (Lipinski definition) is 4. The van der Waals surface area contributed by atoms with Crippen molar-refractivity contribution in [3.63, 3.8) is 0 Å². The molecule has 162 valence electrons. The molecule has 0 spiro atoms. The van der Waals surface area contributed by atoms with Crippen molar-refractivity contribution in [2.45, 2.75) is 19.4 Å². The van der Waals surface area contributed by atoms with Gasteiger partial charge in [0.1, 0.15) is 5.52 Å². The molecule has 0 atom stereocenters. The highest BCUT2D eigenvalue weighted by Crippen LogP contribution is 2.28. The monoisotopic (exact) mass is 445 g/mol. The Morgan fingerprint density at radius 1 is 1.06 bits per heavy atom. The van der Waals surface area contributed by atoms with Crippen LogP contribution >= 0.6 is 11.6 Å². The molecule has 0 bridgehead atoms. The minimum atomic E-state index is -0.00161. The van der Waals surface area contributed by atoms with Crippen LogP contribution in [0.4, 0.5) is 5.82 Å². The highest BCUT2D eigenvalue weighted by molar-refractivity contribution is 6.31. The van der Waals surface area contributed by atoms with Gasteiger partial charge in [-0.3, -0.25) is 4.79 Å². The van der Waals surface area contributed by atoms with Gasteiger partial charge in [-0.05, 0) is 30.5 Å². The highest BCUT2D eigenvalue weighted by atomic mass is 35.5. The van der Waals surface area contributed by atoms with E-state index in [9.17, 15) is 4.79 Å². The number of nitrogens with zero attached hydrogens (tertiary/aromatic N) is 4. The highest BCUT2D eigenvalue weighted by Gasteiger charge is 2.26. The number of benzene rings is 2. The van der Waals surface area contributed by atoms with Crippen molar-refractivity contribution < 1.29 is 4.79 Å². The Morgan fingerprint density at radius 3 is 2.59 bits per heavy atom. The Kier molecular flexibility index (Phi) is 5.77. The topological polar surface area (TPSA) is 62.5 Å². The molecule has 6 nitrogen and oxygen atoms in total. The number of carbonyl (C=O) groups excluding carboxylic acids is 1. The van der Waals surface area contributed by atoms with Crippen molar-refractivity contribution in [1.82, 2.24) is 19.9 Å². The number of amides is 1. The predicted molar refractivity (Wildman–Crippen MR) is 127 cm³/mol. The fourth-order valence-corrected chi connectivity index (χ4v) is 4.43. The van der Waals surface area contributed by atoms with Crippen LogP contribution in [0.25, 0.3) is 16.8 Å². The number of piperidine rings is 1. The summed E-state index contributed by atoms with van der Waals surface area (Å²) in [7, 11) is 0. The van der Waals surface area contributed by atoms with Gasteiger partial charge in [-0.15, -0.1) is 0 Å². The van der Waals surface area contributed by atoms with Crippen molar-refractivity contribution in [3.8, 4) is 11.3 Å². The molecule has 32 heavy (non-hydrogen) atoms. The summed E-state index contributed by atoms with van der Waals surface area (Å²) in [6.45, 7) is 2.02. The zero-order chi connectivity index (χ0) is 21.9. The number of fused-ring (bicyclic) bond motifs is 1. The van der Waals surface area contributed by atoms with E-state index >= 15 is 0 Å². The maximum atomic E-state index is 12.7. The first-order chi connectivity index (χ1) is 15.7. The average molecular weight is 446 g/mol. The first-order valence-corrected chi connectivity index (χ1v) is 11.2. The van der Waals surface area contributed by atoms with Crippen LogP contribution in [-0.2, 0) is 11.3 Å². The van der Waals surface area contributed by atoms with Crippen molar-refractivity contribution >= 4 is 28.8 Å². The van der Waals surface area contributed by atoms with Crippen LogP contribution in [0.2, 0.25) is 5.02 Å². The van der Waals surface area contributed by atoms with Gasteiger partial charge in [-0.2, -0.15) is 5.10 Å². The van der Waals surface area contributed by atoms with Crippen molar-refractivity contribution in [2.24, 2.45) is 5.92 Å². The molecule has 7 heteroatoms. The van der Waals surface area contributed by atoms with Gasteiger partial charge in [-0.1, -0.05) is 60.1 Å². The van der Waals surface area contributed by atoms with Crippen molar-refractivity contribution in [3.05, 3.63) is 83.6 Å². The largest absolute Gasteiger partial charge is 0.355 e. The molecule has 0 radical (unpaired) electrons. The molecule has 1 N–H and O–H groups in total. The predicted octanol–water partition coefficient (Wildman–Crippen LogP) is 4.58. The third-order valence-electron chi connectivity index (χ3n) is 6.02. The van der Waals surface area contributed by atoms with Gasteiger partial charge >= 0.3 is 0 Å². The Bertz CT molecular complexity index is 1230. The third-order valence-corrected chi connectivity index (χ3v) is 6.38. The lowest BCUT2D eigenvalue weighted by atomic mass is 9.95. The Labute approximate surface area is 191 Å². The van der Waals surface area contributed by atoms with Crippen molar-refractivity contribution in [2.75, 3.05) is 18.0 Å². The second-order valence-electron chi connectivity index (χ2n) is 8.05. The fourth-order valence-electron chi connectivity index (χ4n) is 4.22. The first-order valence-electron chi connectivity index (χ1n) is 10.8. The minimum absolute atomic E-state index is 0.00161. The zero-order valence-electron chi connectivity index (χ0n) is 17.6. The maximum absolute atomic E-state index is 12.7. The van der Waals surface area contributed by atoms with Gasteiger partial charge in [-0.25, -0.2) is 9.50 Å². The van der Waals surface area contributed by atoms with Gasteiger partial charge in [0.2, 0.25) is 5.91 Å². The van der Waals surface area contributed by atoms with Crippen molar-refractivity contribution in [1.29, 1.82) is 0 Å². The molecule has 1 amide bonds. The number of hydrogen-bond donors (Lipinski definition) is 1. The summed E-state index contributed by atoms with van der Waals surface area (Å²) in [5, 5.41) is 8.44. The molecule has 4 aromatic rings. The molecule has 5 rings (SSSR count). The SMILES string of the molecule is O=C(NCc1ccccc1Cl)C1CCN(c2nccn3nc(-c4ccccc4)cc23)CC1. The van der Waals surface area contributed by atoms with E-state index in [1.165, 1.54) is 0 Å². The van der Waals surface area contributed by atoms with E-state index in [-0.39, 0.29) is 11.8 Å². The molecule has 0 saturated carbocycles. The quantitative estimate of drug-likeness (QED) is 0.488. The van der Waals surface area contributed by atoms with Crippen LogP contribution in [-0.4, -0.2) is 33.6 Å². The van der Waals surface area contributed by atoms with Crippen LogP contribution in [0, 0.1) is 5.92 Å². The van der Waals surface area contributed by atoms with Crippen LogP contribution in [0.5, 0.6) is 0 Å².